The number of carboxylic acid groups (broad SMARTS) is 7. The number of cyclic esters (lactones) is 1. The molecule has 20 heteroatoms. The van der Waals surface area contributed by atoms with Gasteiger partial charge < -0.3 is 45.5 Å². The third-order valence-corrected chi connectivity index (χ3v) is 13.8. The third-order valence-electron chi connectivity index (χ3n) is 13.8. The Kier molecular flexibility index (Phi) is 12.5. The van der Waals surface area contributed by atoms with Crippen LogP contribution in [0.5, 0.6) is 0 Å². The summed E-state index contributed by atoms with van der Waals surface area (Å²) in [6.07, 6.45) is -1.73. The minimum absolute atomic E-state index is 0.0135. The first-order valence-corrected chi connectivity index (χ1v) is 20.7. The predicted octanol–water partition coefficient (Wildman–Crippen LogP) is 2.60. The van der Waals surface area contributed by atoms with Gasteiger partial charge in [0.15, 0.2) is 0 Å². The number of aliphatic imine (C=N–C) groups is 3. The summed E-state index contributed by atoms with van der Waals surface area (Å²) in [5, 5.41) is 71.0. The maximum atomic E-state index is 13.6. The fourth-order valence-electron chi connectivity index (χ4n) is 10.7. The van der Waals surface area contributed by atoms with E-state index in [4.69, 9.17) is 19.7 Å². The lowest BCUT2D eigenvalue weighted by atomic mass is 9.56. The Labute approximate surface area is 364 Å². The third kappa shape index (κ3) is 8.27. The van der Waals surface area contributed by atoms with Gasteiger partial charge in [-0.05, 0) is 67.5 Å². The summed E-state index contributed by atoms with van der Waals surface area (Å²) >= 11 is 0. The zero-order valence-electron chi connectivity index (χ0n) is 35.6. The molecule has 1 saturated heterocycles. The second-order valence-electron chi connectivity index (χ2n) is 17.8. The molecule has 0 amide bonds. The number of hydrogen-bond donors (Lipinski definition) is 8. The van der Waals surface area contributed by atoms with Crippen LogP contribution >= 0.6 is 0 Å². The molecule has 0 aliphatic carbocycles. The molecule has 8 N–H and O–H groups in total. The number of esters is 1. The van der Waals surface area contributed by atoms with Crippen LogP contribution in [0.3, 0.4) is 0 Å². The van der Waals surface area contributed by atoms with Gasteiger partial charge in [0.2, 0.25) is 0 Å². The van der Waals surface area contributed by atoms with Crippen molar-refractivity contribution in [2.45, 2.75) is 116 Å². The fourth-order valence-corrected chi connectivity index (χ4v) is 10.7. The van der Waals surface area contributed by atoms with Crippen molar-refractivity contribution in [1.82, 2.24) is 4.98 Å². The van der Waals surface area contributed by atoms with Crippen LogP contribution in [0.15, 0.2) is 38.0 Å². The van der Waals surface area contributed by atoms with Gasteiger partial charge in [-0.25, -0.2) is 0 Å². The molecule has 8 bridgehead atoms. The summed E-state index contributed by atoms with van der Waals surface area (Å²) in [6, 6.07) is 0. The normalized spacial score (nSPS) is 29.6. The molecule has 20 nitrogen and oxygen atoms in total. The number of fused-ring (bicyclic) bond motifs is 4. The number of aliphatic carboxylic acids is 7. The van der Waals surface area contributed by atoms with Crippen LogP contribution in [0, 0.1) is 28.1 Å². The molecule has 5 aliphatic heterocycles. The van der Waals surface area contributed by atoms with E-state index >= 15 is 0 Å². The first-order valence-electron chi connectivity index (χ1n) is 20.7. The molecular weight excluding hydrogens is 840 g/mol. The largest absolute Gasteiger partial charge is 0.481 e. The summed E-state index contributed by atoms with van der Waals surface area (Å²) in [5.41, 5.74) is -5.31. The molecule has 1 aromatic heterocycles. The predicted molar refractivity (Wildman–Crippen MR) is 223 cm³/mol. The average molecular weight is 891 g/mol. The molecule has 1 spiro atoms. The smallest absolute Gasteiger partial charge is 0.307 e. The first kappa shape index (κ1) is 46.8. The van der Waals surface area contributed by atoms with Gasteiger partial charge in [-0.2, -0.15) is 0 Å². The highest BCUT2D eigenvalue weighted by Crippen LogP contribution is 2.63. The number of nitrogens with one attached hydrogen (secondary N) is 1. The minimum atomic E-state index is -1.80. The summed E-state index contributed by atoms with van der Waals surface area (Å²) in [6.45, 7) is 6.40. The van der Waals surface area contributed by atoms with E-state index in [-0.39, 0.29) is 88.0 Å². The number of hydrogen-bond acceptors (Lipinski definition) is 12. The number of allylic oxidation sites excluding steroid dienone is 2. The van der Waals surface area contributed by atoms with Crippen LogP contribution in [-0.4, -0.2) is 117 Å². The maximum Gasteiger partial charge on any atom is 0.307 e. The lowest BCUT2D eigenvalue weighted by molar-refractivity contribution is -0.169. The van der Waals surface area contributed by atoms with Crippen LogP contribution in [0.2, 0.25) is 0 Å². The van der Waals surface area contributed by atoms with Gasteiger partial charge in [-0.3, -0.25) is 53.3 Å². The van der Waals surface area contributed by atoms with Crippen molar-refractivity contribution < 1.29 is 78.8 Å². The lowest BCUT2D eigenvalue weighted by Crippen LogP contribution is -2.60. The Morgan fingerprint density at radius 1 is 0.703 bits per heavy atom. The second-order valence-corrected chi connectivity index (χ2v) is 17.8. The Morgan fingerprint density at radius 2 is 1.30 bits per heavy atom. The van der Waals surface area contributed by atoms with E-state index in [0.717, 1.165) is 0 Å². The van der Waals surface area contributed by atoms with Gasteiger partial charge in [0.05, 0.1) is 37.1 Å². The maximum absolute atomic E-state index is 13.6. The minimum Gasteiger partial charge on any atom is -0.481 e. The van der Waals surface area contributed by atoms with Gasteiger partial charge in [0.1, 0.15) is 11.6 Å². The van der Waals surface area contributed by atoms with E-state index in [1.54, 1.807) is 20.8 Å². The number of carbonyl (C=O) groups excluding carboxylic acids is 1. The topological polar surface area (TPSA) is 340 Å². The molecule has 1 aromatic rings. The molecule has 64 heavy (non-hydrogen) atoms. The molecule has 0 radical (unpaired) electrons. The Balaban J connectivity index is 1.86. The number of ether oxygens (including phenoxy) is 1. The van der Waals surface area contributed by atoms with Crippen molar-refractivity contribution in [2.24, 2.45) is 43.1 Å². The summed E-state index contributed by atoms with van der Waals surface area (Å²) in [4.78, 5) is 119. The van der Waals surface area contributed by atoms with Crippen LogP contribution in [0.1, 0.15) is 103 Å². The molecule has 342 valence electrons. The van der Waals surface area contributed by atoms with Crippen LogP contribution in [-0.2, 0) is 55.9 Å². The number of rotatable bonds is 18. The number of aromatic amines is 1. The van der Waals surface area contributed by atoms with E-state index < -0.39 is 132 Å². The SMILES string of the molecule is CC1OC(=O)C[C@@]2(C)[C@H](CCC(=O)O)C3=NC12C1=C(CC(=O)O)[C@@](C)(CCC(=O)O)C(=N1)/C=c1\[nH]c(c(CC(=O)O)c1CCC(=O)O)=CC1=NC(=C3)[C@@](C)(CC(=O)O)[C@@H]1CCC(=O)O. The van der Waals surface area contributed by atoms with E-state index in [1.165, 1.54) is 25.2 Å². The lowest BCUT2D eigenvalue weighted by Gasteiger charge is -2.51. The standard InChI is InChI=1S/C44H50N4O16/c1-20-44-40-25(14-37(59)60)41(2,12-11-35(55)56)30(47-40)16-27-21(5-8-32(49)50)22(13-36(57)58)26(45-27)15-28-23(6-9-33(51)52)42(3,18-38(61)62)31(46-28)17-29(48-44)24(7-10-34(53)54)43(44,4)19-39(63)64-20/h15-17,20,23-24,45H,5-14,18-19H2,1-4H3,(H,49,50)(H,51,52)(H,53,54)(H,55,56)(H,57,58)(H,59,60)(H,61,62)/b26-15?,27-16-,31-17?/t20?,23-,24-,41-,42+,43+,44?/m1/s1. The molecule has 0 aromatic carbocycles. The Morgan fingerprint density at radius 3 is 1.88 bits per heavy atom. The van der Waals surface area contributed by atoms with Crippen LogP contribution in [0.25, 0.3) is 12.2 Å². The number of H-pyrrole nitrogens is 1. The van der Waals surface area contributed by atoms with Gasteiger partial charge in [0.25, 0.3) is 0 Å². The highest BCUT2D eigenvalue weighted by molar-refractivity contribution is 6.18. The molecular formula is C44H50N4O16. The van der Waals surface area contributed by atoms with Gasteiger partial charge in [0, 0.05) is 81.6 Å². The van der Waals surface area contributed by atoms with Crippen molar-refractivity contribution >= 4 is 77.0 Å². The van der Waals surface area contributed by atoms with E-state index in [1.807, 2.05) is 0 Å². The van der Waals surface area contributed by atoms with Gasteiger partial charge in [-0.15, -0.1) is 0 Å². The van der Waals surface area contributed by atoms with E-state index in [9.17, 15) is 74.1 Å². The molecule has 0 saturated carbocycles. The summed E-state index contributed by atoms with van der Waals surface area (Å²) < 4.78 is 5.93. The monoisotopic (exact) mass is 890 g/mol. The number of carbonyl (C=O) groups is 8. The Hall–Kier alpha value is -6.73. The van der Waals surface area contributed by atoms with Crippen molar-refractivity contribution in [3.8, 4) is 0 Å². The van der Waals surface area contributed by atoms with Gasteiger partial charge >= 0.3 is 47.8 Å². The van der Waals surface area contributed by atoms with Crippen molar-refractivity contribution in [3.05, 3.63) is 44.9 Å². The van der Waals surface area contributed by atoms with Gasteiger partial charge in [-0.1, -0.05) is 20.8 Å². The number of nitrogens with zero attached hydrogens (tertiary/aromatic N) is 3. The summed E-state index contributed by atoms with van der Waals surface area (Å²) in [5.74, 6) is -11.3. The van der Waals surface area contributed by atoms with Crippen LogP contribution < -0.4 is 10.7 Å². The zero-order valence-corrected chi connectivity index (χ0v) is 35.6. The van der Waals surface area contributed by atoms with Crippen molar-refractivity contribution in [1.29, 1.82) is 0 Å². The molecule has 1 fully saturated rings. The molecule has 7 atom stereocenters. The van der Waals surface area contributed by atoms with Crippen LogP contribution in [0.4, 0.5) is 0 Å². The summed E-state index contributed by atoms with van der Waals surface area (Å²) in [7, 11) is 0. The molecule has 6 rings (SSSR count). The average Bonchev–Trinajstić information content (AvgIpc) is 3.78. The molecule has 6 heterocycles. The number of aromatic nitrogens is 1. The zero-order chi connectivity index (χ0) is 47.3. The quantitative estimate of drug-likeness (QED) is 0.0982. The highest BCUT2D eigenvalue weighted by atomic mass is 16.5. The van der Waals surface area contributed by atoms with Crippen molar-refractivity contribution in [2.75, 3.05) is 0 Å². The second kappa shape index (κ2) is 17.1. The first-order chi connectivity index (χ1) is 29.9. The van der Waals surface area contributed by atoms with E-state index in [0.29, 0.717) is 0 Å². The number of carboxylic acids is 7. The highest BCUT2D eigenvalue weighted by Gasteiger charge is 2.69. The molecule has 5 aliphatic rings. The van der Waals surface area contributed by atoms with Crippen molar-refractivity contribution in [3.63, 3.8) is 0 Å². The van der Waals surface area contributed by atoms with E-state index in [2.05, 4.69) is 4.98 Å². The Bertz CT molecular complexity index is 2560. The fraction of sp³-hybridized carbons (Fsp3) is 0.523. The molecule has 2 unspecified atom stereocenters.